The Labute approximate surface area is 155 Å². The number of halogens is 3. The van der Waals surface area contributed by atoms with E-state index < -0.39 is 23.5 Å². The van der Waals surface area contributed by atoms with Crippen molar-refractivity contribution in [1.82, 2.24) is 14.7 Å². The lowest BCUT2D eigenvalue weighted by Gasteiger charge is -2.34. The number of nitrogens with one attached hydrogen (secondary N) is 1. The zero-order valence-electron chi connectivity index (χ0n) is 15.0. The molecular formula is C19H21F3N4O. The van der Waals surface area contributed by atoms with Crippen LogP contribution in [0.5, 0.6) is 0 Å². The molecule has 2 heterocycles. The lowest BCUT2D eigenvalue weighted by Crippen LogP contribution is -2.47. The average molecular weight is 378 g/mol. The molecule has 0 bridgehead atoms. The van der Waals surface area contributed by atoms with Gasteiger partial charge in [-0.05, 0) is 31.2 Å². The van der Waals surface area contributed by atoms with Crippen LogP contribution in [0.3, 0.4) is 0 Å². The van der Waals surface area contributed by atoms with Gasteiger partial charge in [-0.1, -0.05) is 12.8 Å². The van der Waals surface area contributed by atoms with Crippen LogP contribution in [0, 0.1) is 17.5 Å². The summed E-state index contributed by atoms with van der Waals surface area (Å²) in [6, 6.07) is 0.944. The van der Waals surface area contributed by atoms with E-state index in [2.05, 4.69) is 10.4 Å². The van der Waals surface area contributed by atoms with Crippen molar-refractivity contribution in [2.75, 3.05) is 5.32 Å². The highest BCUT2D eigenvalue weighted by Crippen LogP contribution is 2.37. The van der Waals surface area contributed by atoms with Crippen molar-refractivity contribution >= 4 is 11.7 Å². The second-order valence-corrected chi connectivity index (χ2v) is 7.37. The molecule has 8 heteroatoms. The van der Waals surface area contributed by atoms with E-state index in [4.69, 9.17) is 0 Å². The van der Waals surface area contributed by atoms with Crippen LogP contribution in [0.25, 0.3) is 0 Å². The Kier molecular flexibility index (Phi) is 4.57. The number of carbonyl (C=O) groups is 1. The van der Waals surface area contributed by atoms with E-state index in [1.54, 1.807) is 4.90 Å². The molecule has 144 valence electrons. The quantitative estimate of drug-likeness (QED) is 0.788. The van der Waals surface area contributed by atoms with E-state index in [9.17, 15) is 18.0 Å². The average Bonchev–Trinajstić information content (AvgIpc) is 3.27. The summed E-state index contributed by atoms with van der Waals surface area (Å²) in [6.07, 6.45) is 6.59. The van der Waals surface area contributed by atoms with Gasteiger partial charge >= 0.3 is 6.03 Å². The lowest BCUT2D eigenvalue weighted by molar-refractivity contribution is 0.161. The van der Waals surface area contributed by atoms with Crippen LogP contribution in [0.2, 0.25) is 0 Å². The van der Waals surface area contributed by atoms with Crippen LogP contribution in [-0.2, 0) is 13.1 Å². The van der Waals surface area contributed by atoms with Gasteiger partial charge in [0, 0.05) is 17.8 Å². The van der Waals surface area contributed by atoms with Crippen molar-refractivity contribution in [3.63, 3.8) is 0 Å². The van der Waals surface area contributed by atoms with Crippen LogP contribution < -0.4 is 5.32 Å². The van der Waals surface area contributed by atoms with Crippen LogP contribution in [0.15, 0.2) is 18.3 Å². The van der Waals surface area contributed by atoms with Crippen molar-refractivity contribution in [1.29, 1.82) is 0 Å². The second kappa shape index (κ2) is 6.90. The number of aromatic nitrogens is 2. The number of carbonyl (C=O) groups excluding carboxylic acids is 1. The maximum atomic E-state index is 13.4. The number of hydrogen-bond donors (Lipinski definition) is 1. The molecule has 1 aromatic carbocycles. The molecule has 1 aromatic heterocycles. The predicted molar refractivity (Wildman–Crippen MR) is 93.8 cm³/mol. The molecule has 1 unspecified atom stereocenters. The molecule has 27 heavy (non-hydrogen) atoms. The fraction of sp³-hybridized carbons (Fsp3) is 0.474. The first-order valence-corrected chi connectivity index (χ1v) is 9.20. The summed E-state index contributed by atoms with van der Waals surface area (Å²) in [5, 5.41) is 6.95. The summed E-state index contributed by atoms with van der Waals surface area (Å²) in [4.78, 5) is 14.3. The molecule has 0 saturated heterocycles. The summed E-state index contributed by atoms with van der Waals surface area (Å²) in [7, 11) is 0. The number of rotatable bonds is 2. The van der Waals surface area contributed by atoms with E-state index in [1.807, 2.05) is 17.8 Å². The summed E-state index contributed by atoms with van der Waals surface area (Å²) in [5.41, 5.74) is 2.10. The number of hydrogen-bond acceptors (Lipinski definition) is 2. The zero-order valence-corrected chi connectivity index (χ0v) is 15.0. The summed E-state index contributed by atoms with van der Waals surface area (Å²) < 4.78 is 41.8. The van der Waals surface area contributed by atoms with Crippen LogP contribution in [-0.4, -0.2) is 26.8 Å². The Morgan fingerprint density at radius 3 is 2.52 bits per heavy atom. The molecule has 2 aliphatic rings. The first-order valence-electron chi connectivity index (χ1n) is 9.20. The fourth-order valence-electron chi connectivity index (χ4n) is 4.09. The smallest absolute Gasteiger partial charge is 0.314 e. The van der Waals surface area contributed by atoms with E-state index >= 15 is 0 Å². The van der Waals surface area contributed by atoms with Gasteiger partial charge in [0.05, 0.1) is 31.0 Å². The maximum absolute atomic E-state index is 13.4. The van der Waals surface area contributed by atoms with E-state index in [1.165, 1.54) is 18.4 Å². The molecule has 1 atom stereocenters. The van der Waals surface area contributed by atoms with Crippen molar-refractivity contribution < 1.29 is 18.0 Å². The molecule has 1 N–H and O–H groups in total. The maximum Gasteiger partial charge on any atom is 0.322 e. The van der Waals surface area contributed by atoms with Gasteiger partial charge in [-0.25, -0.2) is 18.0 Å². The van der Waals surface area contributed by atoms with Crippen molar-refractivity contribution in [2.45, 2.75) is 57.7 Å². The molecule has 1 saturated carbocycles. The summed E-state index contributed by atoms with van der Waals surface area (Å²) in [6.45, 7) is 2.83. The van der Waals surface area contributed by atoms with Gasteiger partial charge < -0.3 is 10.2 Å². The van der Waals surface area contributed by atoms with Crippen molar-refractivity contribution in [3.8, 4) is 0 Å². The van der Waals surface area contributed by atoms with Gasteiger partial charge in [-0.2, -0.15) is 5.10 Å². The first-order chi connectivity index (χ1) is 12.9. The second-order valence-electron chi connectivity index (χ2n) is 7.37. The number of nitrogens with zero attached hydrogens (tertiary/aromatic N) is 3. The Morgan fingerprint density at radius 1 is 1.19 bits per heavy atom. The van der Waals surface area contributed by atoms with Gasteiger partial charge in [-0.3, -0.25) is 4.68 Å². The molecule has 2 amide bonds. The zero-order chi connectivity index (χ0) is 19.1. The highest BCUT2D eigenvalue weighted by atomic mass is 19.2. The number of fused-ring (bicyclic) bond motifs is 1. The molecule has 0 spiro atoms. The Balaban J connectivity index is 1.54. The SMILES string of the molecule is CC1Cn2ncc(C3CCCC3)c2CN1C(=O)Nc1cc(F)c(F)c(F)c1. The predicted octanol–water partition coefficient (Wildman–Crippen LogP) is 4.39. The molecule has 0 radical (unpaired) electrons. The molecule has 1 aliphatic heterocycles. The van der Waals surface area contributed by atoms with Crippen molar-refractivity contribution in [3.05, 3.63) is 47.0 Å². The van der Waals surface area contributed by atoms with Gasteiger partial charge in [-0.15, -0.1) is 0 Å². The first kappa shape index (κ1) is 17.9. The number of urea groups is 1. The normalized spacial score (nSPS) is 20.0. The highest BCUT2D eigenvalue weighted by Gasteiger charge is 2.32. The largest absolute Gasteiger partial charge is 0.322 e. The number of benzene rings is 1. The third-order valence-corrected chi connectivity index (χ3v) is 5.56. The Hall–Kier alpha value is -2.51. The standard InChI is InChI=1S/C19H21F3N4O/c1-11-9-26-17(14(8-23-26)12-4-2-3-5-12)10-25(11)19(27)24-13-6-15(20)18(22)16(21)7-13/h6-8,11-12H,2-5,9-10H2,1H3,(H,24,27). The minimum absolute atomic E-state index is 0.112. The van der Waals surface area contributed by atoms with Crippen LogP contribution >= 0.6 is 0 Å². The molecule has 4 rings (SSSR count). The highest BCUT2D eigenvalue weighted by molar-refractivity contribution is 5.89. The third-order valence-electron chi connectivity index (χ3n) is 5.56. The van der Waals surface area contributed by atoms with Gasteiger partial charge in [0.15, 0.2) is 17.5 Å². The Morgan fingerprint density at radius 2 is 1.85 bits per heavy atom. The molecule has 1 aliphatic carbocycles. The fourth-order valence-corrected chi connectivity index (χ4v) is 4.09. The molecular weight excluding hydrogens is 357 g/mol. The van der Waals surface area contributed by atoms with Crippen LogP contribution in [0.1, 0.15) is 49.8 Å². The van der Waals surface area contributed by atoms with E-state index in [0.717, 1.165) is 30.7 Å². The number of amides is 2. The van der Waals surface area contributed by atoms with Gasteiger partial charge in [0.1, 0.15) is 0 Å². The summed E-state index contributed by atoms with van der Waals surface area (Å²) >= 11 is 0. The van der Waals surface area contributed by atoms with Crippen molar-refractivity contribution in [2.24, 2.45) is 0 Å². The van der Waals surface area contributed by atoms with Gasteiger partial charge in [0.2, 0.25) is 0 Å². The lowest BCUT2D eigenvalue weighted by atomic mass is 9.97. The van der Waals surface area contributed by atoms with Crippen LogP contribution in [0.4, 0.5) is 23.7 Å². The van der Waals surface area contributed by atoms with E-state index in [-0.39, 0.29) is 11.7 Å². The van der Waals surface area contributed by atoms with E-state index in [0.29, 0.717) is 19.0 Å². The number of anilines is 1. The topological polar surface area (TPSA) is 50.2 Å². The molecule has 1 fully saturated rings. The third kappa shape index (κ3) is 3.28. The molecule has 5 nitrogen and oxygen atoms in total. The van der Waals surface area contributed by atoms with Gasteiger partial charge in [0.25, 0.3) is 0 Å². The summed E-state index contributed by atoms with van der Waals surface area (Å²) in [5.74, 6) is -3.74. The minimum atomic E-state index is -1.55. The minimum Gasteiger partial charge on any atom is -0.314 e. The Bertz CT molecular complexity index is 853. The molecule has 2 aromatic rings. The monoisotopic (exact) mass is 378 g/mol.